The molecule has 0 saturated carbocycles. The highest BCUT2D eigenvalue weighted by molar-refractivity contribution is 5.92. The summed E-state index contributed by atoms with van der Waals surface area (Å²) in [5, 5.41) is 2.98. The molecule has 3 N–H and O–H groups in total. The second kappa shape index (κ2) is 7.41. The van der Waals surface area contributed by atoms with Crippen molar-refractivity contribution in [1.82, 2.24) is 4.90 Å². The molecule has 1 aliphatic rings. The van der Waals surface area contributed by atoms with Crippen LogP contribution in [0.2, 0.25) is 0 Å². The third-order valence-corrected chi connectivity index (χ3v) is 3.90. The first-order valence-corrected chi connectivity index (χ1v) is 7.49. The molecule has 0 bridgehead atoms. The van der Waals surface area contributed by atoms with Crippen LogP contribution in [-0.4, -0.2) is 36.5 Å². The van der Waals surface area contributed by atoms with Gasteiger partial charge in [-0.15, -0.1) is 0 Å². The zero-order valence-corrected chi connectivity index (χ0v) is 12.3. The summed E-state index contributed by atoms with van der Waals surface area (Å²) < 4.78 is 0. The van der Waals surface area contributed by atoms with Crippen LogP contribution in [0.5, 0.6) is 0 Å². The van der Waals surface area contributed by atoms with Crippen molar-refractivity contribution in [3.05, 3.63) is 29.8 Å². The van der Waals surface area contributed by atoms with Gasteiger partial charge < -0.3 is 11.1 Å². The first-order chi connectivity index (χ1) is 9.69. The Hall–Kier alpha value is -1.39. The Morgan fingerprint density at radius 1 is 1.45 bits per heavy atom. The highest BCUT2D eigenvalue weighted by atomic mass is 16.2. The molecule has 1 aromatic carbocycles. The van der Waals surface area contributed by atoms with E-state index in [1.54, 1.807) is 0 Å². The van der Waals surface area contributed by atoms with Crippen molar-refractivity contribution in [2.45, 2.75) is 38.6 Å². The number of aryl methyl sites for hydroxylation is 1. The molecule has 4 heteroatoms. The minimum atomic E-state index is 0.0690. The van der Waals surface area contributed by atoms with E-state index in [-0.39, 0.29) is 5.91 Å². The molecule has 2 rings (SSSR count). The van der Waals surface area contributed by atoms with Crippen LogP contribution in [-0.2, 0) is 4.79 Å². The van der Waals surface area contributed by atoms with E-state index in [1.807, 2.05) is 31.2 Å². The third-order valence-electron chi connectivity index (χ3n) is 3.90. The monoisotopic (exact) mass is 275 g/mol. The van der Waals surface area contributed by atoms with Crippen molar-refractivity contribution in [2.75, 3.05) is 25.0 Å². The van der Waals surface area contributed by atoms with Gasteiger partial charge in [0.05, 0.1) is 6.54 Å². The van der Waals surface area contributed by atoms with Crippen molar-refractivity contribution in [3.63, 3.8) is 0 Å². The average molecular weight is 275 g/mol. The van der Waals surface area contributed by atoms with Crippen LogP contribution in [0.25, 0.3) is 0 Å². The Morgan fingerprint density at radius 3 is 3.05 bits per heavy atom. The van der Waals surface area contributed by atoms with Gasteiger partial charge >= 0.3 is 0 Å². The first-order valence-electron chi connectivity index (χ1n) is 7.49. The molecular formula is C16H25N3O. The van der Waals surface area contributed by atoms with Crippen molar-refractivity contribution in [1.29, 1.82) is 0 Å². The summed E-state index contributed by atoms with van der Waals surface area (Å²) in [5.41, 5.74) is 7.70. The average Bonchev–Trinajstić information content (AvgIpc) is 2.41. The van der Waals surface area contributed by atoms with E-state index in [4.69, 9.17) is 5.73 Å². The summed E-state index contributed by atoms with van der Waals surface area (Å²) in [4.78, 5) is 14.4. The highest BCUT2D eigenvalue weighted by Crippen LogP contribution is 2.19. The predicted octanol–water partition coefficient (Wildman–Crippen LogP) is 2.14. The van der Waals surface area contributed by atoms with Crippen LogP contribution in [0.4, 0.5) is 5.69 Å². The number of likely N-dealkylation sites (tertiary alicyclic amines) is 1. The maximum Gasteiger partial charge on any atom is 0.238 e. The molecule has 0 spiro atoms. The number of carbonyl (C=O) groups is 1. The summed E-state index contributed by atoms with van der Waals surface area (Å²) in [5.74, 6) is 0.0690. The lowest BCUT2D eigenvalue weighted by molar-refractivity contribution is -0.118. The zero-order chi connectivity index (χ0) is 14.4. The van der Waals surface area contributed by atoms with Gasteiger partial charge in [-0.05, 0) is 57.0 Å². The molecule has 1 saturated heterocycles. The van der Waals surface area contributed by atoms with E-state index >= 15 is 0 Å². The van der Waals surface area contributed by atoms with E-state index < -0.39 is 0 Å². The summed E-state index contributed by atoms with van der Waals surface area (Å²) in [6.45, 7) is 4.20. The van der Waals surface area contributed by atoms with Gasteiger partial charge in [-0.3, -0.25) is 9.69 Å². The molecule has 4 nitrogen and oxygen atoms in total. The largest absolute Gasteiger partial charge is 0.330 e. The summed E-state index contributed by atoms with van der Waals surface area (Å²) in [6, 6.07) is 8.38. The number of rotatable bonds is 5. The number of nitrogens with one attached hydrogen (secondary N) is 1. The lowest BCUT2D eigenvalue weighted by Gasteiger charge is -2.35. The molecule has 0 radical (unpaired) electrons. The standard InChI is InChI=1S/C16H25N3O/c1-13-5-4-6-14(11-13)18-16(20)12-19-10-3-2-7-15(19)8-9-17/h4-6,11,15H,2-3,7-10,12,17H2,1H3,(H,18,20). The maximum atomic E-state index is 12.2. The summed E-state index contributed by atoms with van der Waals surface area (Å²) in [7, 11) is 0. The molecule has 1 aliphatic heterocycles. The predicted molar refractivity (Wildman–Crippen MR) is 82.7 cm³/mol. The SMILES string of the molecule is Cc1cccc(NC(=O)CN2CCCCC2CCN)c1. The van der Waals surface area contributed by atoms with Crippen molar-refractivity contribution < 1.29 is 4.79 Å². The molecule has 1 fully saturated rings. The fourth-order valence-corrected chi connectivity index (χ4v) is 2.90. The molecule has 1 amide bonds. The smallest absolute Gasteiger partial charge is 0.238 e. The van der Waals surface area contributed by atoms with Crippen molar-refractivity contribution in [2.24, 2.45) is 5.73 Å². The number of nitrogens with two attached hydrogens (primary N) is 1. The van der Waals surface area contributed by atoms with E-state index in [0.29, 0.717) is 19.1 Å². The fourth-order valence-electron chi connectivity index (χ4n) is 2.90. The highest BCUT2D eigenvalue weighted by Gasteiger charge is 2.23. The van der Waals surface area contributed by atoms with Gasteiger partial charge in [-0.25, -0.2) is 0 Å². The molecular weight excluding hydrogens is 250 g/mol. The fraction of sp³-hybridized carbons (Fsp3) is 0.562. The van der Waals surface area contributed by atoms with E-state index in [9.17, 15) is 4.79 Å². The van der Waals surface area contributed by atoms with Crippen LogP contribution in [0.3, 0.4) is 0 Å². The maximum absolute atomic E-state index is 12.2. The van der Waals surface area contributed by atoms with Crippen molar-refractivity contribution >= 4 is 11.6 Å². The molecule has 1 heterocycles. The van der Waals surface area contributed by atoms with Gasteiger partial charge in [-0.1, -0.05) is 18.6 Å². The van der Waals surface area contributed by atoms with Gasteiger partial charge in [0.1, 0.15) is 0 Å². The molecule has 20 heavy (non-hydrogen) atoms. The number of anilines is 1. The molecule has 110 valence electrons. The zero-order valence-electron chi connectivity index (χ0n) is 12.3. The minimum Gasteiger partial charge on any atom is -0.330 e. The number of amides is 1. The number of hydrogen-bond donors (Lipinski definition) is 2. The lowest BCUT2D eigenvalue weighted by atomic mass is 9.99. The van der Waals surface area contributed by atoms with Crippen molar-refractivity contribution in [3.8, 4) is 0 Å². The van der Waals surface area contributed by atoms with E-state index in [0.717, 1.165) is 30.6 Å². The van der Waals surface area contributed by atoms with Crippen LogP contribution in [0.15, 0.2) is 24.3 Å². The first kappa shape index (κ1) is 15.0. The van der Waals surface area contributed by atoms with E-state index in [1.165, 1.54) is 12.8 Å². The quantitative estimate of drug-likeness (QED) is 0.865. The van der Waals surface area contributed by atoms with Crippen LogP contribution in [0.1, 0.15) is 31.2 Å². The van der Waals surface area contributed by atoms with Gasteiger partial charge in [0.25, 0.3) is 0 Å². The molecule has 0 aromatic heterocycles. The van der Waals surface area contributed by atoms with Crippen LogP contribution >= 0.6 is 0 Å². The number of nitrogens with zero attached hydrogens (tertiary/aromatic N) is 1. The Kier molecular flexibility index (Phi) is 5.56. The van der Waals surface area contributed by atoms with Gasteiger partial charge in [0.15, 0.2) is 0 Å². The van der Waals surface area contributed by atoms with Gasteiger partial charge in [0, 0.05) is 11.7 Å². The van der Waals surface area contributed by atoms with Crippen LogP contribution in [0, 0.1) is 6.92 Å². The molecule has 0 aliphatic carbocycles. The van der Waals surface area contributed by atoms with Crippen LogP contribution < -0.4 is 11.1 Å². The second-order valence-corrected chi connectivity index (χ2v) is 5.62. The number of hydrogen-bond acceptors (Lipinski definition) is 3. The number of piperidine rings is 1. The normalized spacial score (nSPS) is 19.8. The second-order valence-electron chi connectivity index (χ2n) is 5.62. The summed E-state index contributed by atoms with van der Waals surface area (Å²) >= 11 is 0. The molecule has 1 atom stereocenters. The molecule has 1 unspecified atom stereocenters. The lowest BCUT2D eigenvalue weighted by Crippen LogP contribution is -2.44. The number of benzene rings is 1. The Bertz CT molecular complexity index is 445. The number of carbonyl (C=O) groups excluding carboxylic acids is 1. The molecule has 1 aromatic rings. The van der Waals surface area contributed by atoms with E-state index in [2.05, 4.69) is 10.2 Å². The topological polar surface area (TPSA) is 58.4 Å². The van der Waals surface area contributed by atoms with Gasteiger partial charge in [-0.2, -0.15) is 0 Å². The Balaban J connectivity index is 1.89. The minimum absolute atomic E-state index is 0.0690. The third kappa shape index (κ3) is 4.32. The Labute approximate surface area is 121 Å². The summed E-state index contributed by atoms with van der Waals surface area (Å²) in [6.07, 6.45) is 4.58. The Morgan fingerprint density at radius 2 is 2.30 bits per heavy atom. The van der Waals surface area contributed by atoms with Gasteiger partial charge in [0.2, 0.25) is 5.91 Å².